The van der Waals surface area contributed by atoms with Crippen LogP contribution in [0.1, 0.15) is 19.9 Å². The molecule has 0 aliphatic rings. The zero-order valence-corrected chi connectivity index (χ0v) is 16.8. The Morgan fingerprint density at radius 1 is 1.25 bits per heavy atom. The molecule has 28 heavy (non-hydrogen) atoms. The van der Waals surface area contributed by atoms with Crippen LogP contribution in [0.25, 0.3) is 21.3 Å². The Bertz CT molecular complexity index is 1010. The Morgan fingerprint density at radius 2 is 2.00 bits per heavy atom. The van der Waals surface area contributed by atoms with Crippen molar-refractivity contribution in [3.8, 4) is 16.9 Å². The van der Waals surface area contributed by atoms with Crippen LogP contribution >= 0.6 is 11.3 Å². The van der Waals surface area contributed by atoms with Gasteiger partial charge >= 0.3 is 5.97 Å². The van der Waals surface area contributed by atoms with Crippen LogP contribution in [-0.2, 0) is 14.3 Å². The van der Waals surface area contributed by atoms with E-state index < -0.39 is 12.0 Å². The maximum atomic E-state index is 13.1. The molecular formula is C20H22N2O5S. The van der Waals surface area contributed by atoms with Crippen molar-refractivity contribution in [1.29, 1.82) is 0 Å². The van der Waals surface area contributed by atoms with E-state index in [1.54, 1.807) is 14.0 Å². The molecule has 2 aromatic heterocycles. The summed E-state index contributed by atoms with van der Waals surface area (Å²) in [6, 6.07) is 6.68. The highest BCUT2D eigenvalue weighted by atomic mass is 32.1. The summed E-state index contributed by atoms with van der Waals surface area (Å²) in [6.07, 6.45) is 1.40. The van der Waals surface area contributed by atoms with Gasteiger partial charge in [0.15, 0.2) is 0 Å². The number of hydrogen-bond donors (Lipinski definition) is 0. The van der Waals surface area contributed by atoms with Crippen LogP contribution in [0.4, 0.5) is 0 Å². The molecule has 1 unspecified atom stereocenters. The third-order valence-electron chi connectivity index (χ3n) is 4.35. The normalized spacial score (nSPS) is 12.1. The van der Waals surface area contributed by atoms with E-state index in [4.69, 9.17) is 14.2 Å². The molecule has 3 aromatic rings. The Balaban J connectivity index is 1.92. The SMILES string of the molecule is CCOCCOC(=O)C(C)n1cnc2scc(-c3ccc(OC)cc3)c2c1=O. The van der Waals surface area contributed by atoms with Gasteiger partial charge in [-0.2, -0.15) is 0 Å². The van der Waals surface area contributed by atoms with E-state index in [1.165, 1.54) is 22.2 Å². The molecule has 0 fully saturated rings. The van der Waals surface area contributed by atoms with E-state index in [1.807, 2.05) is 36.6 Å². The first kappa shape index (κ1) is 20.0. The average Bonchev–Trinajstić information content (AvgIpc) is 3.16. The number of nitrogens with zero attached hydrogens (tertiary/aromatic N) is 2. The van der Waals surface area contributed by atoms with Crippen molar-refractivity contribution in [2.24, 2.45) is 0 Å². The number of benzene rings is 1. The van der Waals surface area contributed by atoms with Crippen molar-refractivity contribution in [1.82, 2.24) is 9.55 Å². The molecule has 0 saturated heterocycles. The van der Waals surface area contributed by atoms with Gasteiger partial charge in [0.1, 0.15) is 23.2 Å². The molecule has 2 heterocycles. The van der Waals surface area contributed by atoms with E-state index >= 15 is 0 Å². The number of hydrogen-bond acceptors (Lipinski definition) is 7. The number of aromatic nitrogens is 2. The van der Waals surface area contributed by atoms with Gasteiger partial charge in [0.25, 0.3) is 5.56 Å². The van der Waals surface area contributed by atoms with Crippen LogP contribution in [0.2, 0.25) is 0 Å². The molecule has 0 radical (unpaired) electrons. The molecule has 0 aliphatic carbocycles. The minimum Gasteiger partial charge on any atom is -0.497 e. The zero-order valence-electron chi connectivity index (χ0n) is 16.0. The van der Waals surface area contributed by atoms with Gasteiger partial charge in [0.2, 0.25) is 0 Å². The molecule has 3 rings (SSSR count). The lowest BCUT2D eigenvalue weighted by molar-refractivity contribution is -0.148. The molecule has 8 heteroatoms. The molecule has 0 spiro atoms. The Kier molecular flexibility index (Phi) is 6.43. The molecule has 148 valence electrons. The number of fused-ring (bicyclic) bond motifs is 1. The summed E-state index contributed by atoms with van der Waals surface area (Å²) in [6.45, 7) is 4.52. The molecule has 0 saturated carbocycles. The number of thiophene rings is 1. The molecule has 0 aliphatic heterocycles. The highest BCUT2D eigenvalue weighted by Crippen LogP contribution is 2.31. The minimum absolute atomic E-state index is 0.150. The van der Waals surface area contributed by atoms with Crippen molar-refractivity contribution >= 4 is 27.5 Å². The van der Waals surface area contributed by atoms with Crippen LogP contribution in [0.5, 0.6) is 5.75 Å². The number of carbonyl (C=O) groups is 1. The highest BCUT2D eigenvalue weighted by Gasteiger charge is 2.21. The Hall–Kier alpha value is -2.71. The van der Waals surface area contributed by atoms with Crippen LogP contribution in [0.3, 0.4) is 0 Å². The van der Waals surface area contributed by atoms with Gasteiger partial charge in [-0.15, -0.1) is 11.3 Å². The first-order valence-electron chi connectivity index (χ1n) is 8.94. The van der Waals surface area contributed by atoms with Gasteiger partial charge in [0.05, 0.1) is 25.4 Å². The van der Waals surface area contributed by atoms with E-state index in [9.17, 15) is 9.59 Å². The number of rotatable bonds is 8. The van der Waals surface area contributed by atoms with Gasteiger partial charge < -0.3 is 14.2 Å². The number of methoxy groups -OCH3 is 1. The monoisotopic (exact) mass is 402 g/mol. The number of esters is 1. The van der Waals surface area contributed by atoms with E-state index in [2.05, 4.69) is 4.98 Å². The van der Waals surface area contributed by atoms with Gasteiger partial charge in [-0.3, -0.25) is 9.36 Å². The predicted molar refractivity (Wildman–Crippen MR) is 108 cm³/mol. The molecule has 1 atom stereocenters. The van der Waals surface area contributed by atoms with Crippen molar-refractivity contribution in [3.63, 3.8) is 0 Å². The highest BCUT2D eigenvalue weighted by molar-refractivity contribution is 7.17. The fraction of sp³-hybridized carbons (Fsp3) is 0.350. The average molecular weight is 402 g/mol. The fourth-order valence-corrected chi connectivity index (χ4v) is 3.69. The smallest absolute Gasteiger partial charge is 0.329 e. The van der Waals surface area contributed by atoms with E-state index in [-0.39, 0.29) is 12.2 Å². The molecule has 0 N–H and O–H groups in total. The molecular weight excluding hydrogens is 380 g/mol. The predicted octanol–water partition coefficient (Wildman–Crippen LogP) is 3.27. The van der Waals surface area contributed by atoms with E-state index in [0.29, 0.717) is 23.4 Å². The molecule has 7 nitrogen and oxygen atoms in total. The topological polar surface area (TPSA) is 79.7 Å². The summed E-state index contributed by atoms with van der Waals surface area (Å²) >= 11 is 1.39. The van der Waals surface area contributed by atoms with Gasteiger partial charge in [0, 0.05) is 17.6 Å². The number of ether oxygens (including phenoxy) is 3. The van der Waals surface area contributed by atoms with Crippen LogP contribution in [0, 0.1) is 0 Å². The third-order valence-corrected chi connectivity index (χ3v) is 5.24. The van der Waals surface area contributed by atoms with Crippen molar-refractivity contribution in [2.45, 2.75) is 19.9 Å². The summed E-state index contributed by atoms with van der Waals surface area (Å²) in [4.78, 5) is 30.4. The van der Waals surface area contributed by atoms with Gasteiger partial charge in [-0.1, -0.05) is 12.1 Å². The second-order valence-corrected chi connectivity index (χ2v) is 6.91. The van der Waals surface area contributed by atoms with Crippen LogP contribution < -0.4 is 10.3 Å². The van der Waals surface area contributed by atoms with Crippen molar-refractivity contribution in [3.05, 3.63) is 46.3 Å². The summed E-state index contributed by atoms with van der Waals surface area (Å²) in [5, 5.41) is 2.39. The van der Waals surface area contributed by atoms with E-state index in [0.717, 1.165) is 16.9 Å². The van der Waals surface area contributed by atoms with Gasteiger partial charge in [-0.25, -0.2) is 9.78 Å². The van der Waals surface area contributed by atoms with Crippen molar-refractivity contribution in [2.75, 3.05) is 26.9 Å². The second-order valence-electron chi connectivity index (χ2n) is 6.06. The largest absolute Gasteiger partial charge is 0.497 e. The quantitative estimate of drug-likeness (QED) is 0.425. The molecule has 1 aromatic carbocycles. The fourth-order valence-electron chi connectivity index (χ4n) is 2.78. The first-order valence-corrected chi connectivity index (χ1v) is 9.82. The van der Waals surface area contributed by atoms with Crippen molar-refractivity contribution < 1.29 is 19.0 Å². The standard InChI is InChI=1S/C20H22N2O5S/c1-4-26-9-10-27-20(24)13(2)22-12-21-18-17(19(22)23)16(11-28-18)14-5-7-15(25-3)8-6-14/h5-8,11-13H,4,9-10H2,1-3H3. The Labute approximate surface area is 166 Å². The first-order chi connectivity index (χ1) is 13.6. The maximum Gasteiger partial charge on any atom is 0.329 e. The lowest BCUT2D eigenvalue weighted by Gasteiger charge is -2.14. The number of carbonyl (C=O) groups excluding carboxylic acids is 1. The third kappa shape index (κ3) is 4.07. The van der Waals surface area contributed by atoms with Crippen LogP contribution in [0.15, 0.2) is 40.8 Å². The maximum absolute atomic E-state index is 13.1. The lowest BCUT2D eigenvalue weighted by Crippen LogP contribution is -2.30. The molecule has 0 amide bonds. The molecule has 0 bridgehead atoms. The minimum atomic E-state index is -0.783. The second kappa shape index (κ2) is 8.99. The summed E-state index contributed by atoms with van der Waals surface area (Å²) in [5.41, 5.74) is 1.40. The summed E-state index contributed by atoms with van der Waals surface area (Å²) < 4.78 is 16.8. The Morgan fingerprint density at radius 3 is 2.68 bits per heavy atom. The summed E-state index contributed by atoms with van der Waals surface area (Å²) in [7, 11) is 1.60. The lowest BCUT2D eigenvalue weighted by atomic mass is 10.1. The zero-order chi connectivity index (χ0) is 20.1. The van der Waals surface area contributed by atoms with Crippen LogP contribution in [-0.4, -0.2) is 42.5 Å². The summed E-state index contributed by atoms with van der Waals surface area (Å²) in [5.74, 6) is 0.242. The van der Waals surface area contributed by atoms with Gasteiger partial charge in [-0.05, 0) is 31.5 Å².